The highest BCUT2D eigenvalue weighted by Crippen LogP contribution is 2.24. The van der Waals surface area contributed by atoms with Gasteiger partial charge in [0.25, 0.3) is 11.8 Å². The smallest absolute Gasteiger partial charge is 0.335 e. The lowest BCUT2D eigenvalue weighted by Crippen LogP contribution is -2.34. The fourth-order valence-corrected chi connectivity index (χ4v) is 10.1. The lowest BCUT2D eigenvalue weighted by molar-refractivity contribution is -0.126. The van der Waals surface area contributed by atoms with Crippen molar-refractivity contribution in [2.24, 2.45) is 11.8 Å². The van der Waals surface area contributed by atoms with E-state index in [-0.39, 0.29) is 118 Å². The molecule has 5 N–H and O–H groups in total. The van der Waals surface area contributed by atoms with Crippen molar-refractivity contribution in [2.45, 2.75) is 200 Å². The van der Waals surface area contributed by atoms with Crippen molar-refractivity contribution >= 4 is 39.4 Å². The number of amides is 5. The number of hydrogen-bond acceptors (Lipinski definition) is 15. The van der Waals surface area contributed by atoms with Crippen LogP contribution in [0.2, 0.25) is 0 Å². The maximum absolute atomic E-state index is 13.5. The van der Waals surface area contributed by atoms with Crippen LogP contribution in [0.15, 0.2) is 52.1 Å². The third-order valence-electron chi connectivity index (χ3n) is 14.7. The third kappa shape index (κ3) is 34.6. The first-order chi connectivity index (χ1) is 41.8. The maximum atomic E-state index is 13.5. The first-order valence-electron chi connectivity index (χ1n) is 32.5. The number of benzene rings is 2. The Kier molecular flexibility index (Phi) is 41.1. The fraction of sp³-hybridized carbons (Fsp3) is 0.708. The summed E-state index contributed by atoms with van der Waals surface area (Å²) in [5.41, 5.74) is 0.944. The molecule has 1 heterocycles. The molecule has 0 bridgehead atoms. The van der Waals surface area contributed by atoms with Gasteiger partial charge in [-0.2, -0.15) is 0 Å². The molecule has 3 aromatic rings. The topological polar surface area (TPSA) is 265 Å². The molecule has 21 heteroatoms. The Balaban J connectivity index is 1.46. The SMILES string of the molecule is CCCCCCCCC(CCCCCC)C(=O)NCCOCCNC(=O)c1cc(OCCCC(=O)NCCOCCOc2ccc(-c3nnc(S(C)(=O)=O)o3)cc2)cc(C(=O)NCCOCCNC(=O)C(CCCCCC)CCCCCCCC)c1. The van der Waals surface area contributed by atoms with Gasteiger partial charge in [0.1, 0.15) is 18.1 Å². The summed E-state index contributed by atoms with van der Waals surface area (Å²) in [4.78, 5) is 66.1. The summed E-state index contributed by atoms with van der Waals surface area (Å²) >= 11 is 0. The molecule has 2 aromatic carbocycles. The second-order valence-corrected chi connectivity index (χ2v) is 24.1. The van der Waals surface area contributed by atoms with E-state index >= 15 is 0 Å². The Morgan fingerprint density at radius 1 is 0.453 bits per heavy atom. The molecule has 20 nitrogen and oxygen atoms in total. The van der Waals surface area contributed by atoms with Gasteiger partial charge in [-0.05, 0) is 74.6 Å². The Hall–Kier alpha value is -5.64. The van der Waals surface area contributed by atoms with E-state index in [4.69, 9.17) is 28.1 Å². The van der Waals surface area contributed by atoms with Gasteiger partial charge in [-0.15, -0.1) is 5.10 Å². The zero-order valence-electron chi connectivity index (χ0n) is 52.9. The fourth-order valence-electron chi connectivity index (χ4n) is 9.66. The van der Waals surface area contributed by atoms with E-state index in [1.54, 1.807) is 36.4 Å². The van der Waals surface area contributed by atoms with Gasteiger partial charge < -0.3 is 54.7 Å². The van der Waals surface area contributed by atoms with E-state index < -0.39 is 26.9 Å². The predicted octanol–water partition coefficient (Wildman–Crippen LogP) is 10.9. The average molecular weight is 1230 g/mol. The molecule has 86 heavy (non-hydrogen) atoms. The molecule has 0 saturated carbocycles. The summed E-state index contributed by atoms with van der Waals surface area (Å²) < 4.78 is 57.5. The van der Waals surface area contributed by atoms with Crippen molar-refractivity contribution in [1.82, 2.24) is 36.8 Å². The van der Waals surface area contributed by atoms with E-state index in [1.165, 1.54) is 70.3 Å². The number of nitrogens with zero attached hydrogens (tertiary/aromatic N) is 2. The Morgan fingerprint density at radius 2 is 0.860 bits per heavy atom. The molecule has 0 saturated heterocycles. The van der Waals surface area contributed by atoms with Gasteiger partial charge in [0, 0.05) is 73.9 Å². The van der Waals surface area contributed by atoms with Crippen LogP contribution in [0.5, 0.6) is 11.5 Å². The zero-order valence-corrected chi connectivity index (χ0v) is 53.7. The van der Waals surface area contributed by atoms with E-state index in [1.807, 2.05) is 0 Å². The summed E-state index contributed by atoms with van der Waals surface area (Å²) in [6, 6.07) is 11.3. The van der Waals surface area contributed by atoms with E-state index in [0.29, 0.717) is 44.0 Å². The molecular formula is C65H107N7O13S. The van der Waals surface area contributed by atoms with Crippen LogP contribution in [0.3, 0.4) is 0 Å². The van der Waals surface area contributed by atoms with Crippen LogP contribution in [-0.2, 0) is 38.4 Å². The molecule has 2 unspecified atom stereocenters. The van der Waals surface area contributed by atoms with Gasteiger partial charge in [0.05, 0.1) is 46.2 Å². The minimum Gasteiger partial charge on any atom is -0.494 e. The van der Waals surface area contributed by atoms with Crippen molar-refractivity contribution in [1.29, 1.82) is 0 Å². The first kappa shape index (κ1) is 74.6. The van der Waals surface area contributed by atoms with Crippen LogP contribution in [0.4, 0.5) is 0 Å². The van der Waals surface area contributed by atoms with Crippen molar-refractivity contribution in [2.75, 3.05) is 91.8 Å². The van der Waals surface area contributed by atoms with Gasteiger partial charge in [-0.25, -0.2) is 8.42 Å². The normalized spacial score (nSPS) is 12.1. The standard InChI is InChI=1S/C65H107N7O13S/c1-6-10-14-18-20-24-29-52(27-22-16-12-8-3)60(74)67-37-43-80-45-39-69-62(76)55-49-56(63(77)70-40-46-81-44-38-68-61(75)53(28-23-17-13-9-4)30-25-21-19-15-11-7-2)51-58(50-55)83-41-26-31-59(73)66-36-42-82-47-48-84-57-34-32-54(33-35-57)64-71-72-65(85-64)86(5,78)79/h32-35,49-53H,6-31,36-48H2,1-5H3,(H,66,73)(H,67,74)(H,68,75)(H,69,76)(H,70,77). The number of aromatic nitrogens is 2. The molecule has 0 spiro atoms. The number of hydrogen-bond donors (Lipinski definition) is 5. The van der Waals surface area contributed by atoms with E-state index in [9.17, 15) is 32.4 Å². The largest absolute Gasteiger partial charge is 0.494 e. The molecule has 486 valence electrons. The quantitative estimate of drug-likeness (QED) is 0.0329. The number of carbonyl (C=O) groups is 5. The van der Waals surface area contributed by atoms with Gasteiger partial charge >= 0.3 is 5.22 Å². The number of carbonyl (C=O) groups excluding carboxylic acids is 5. The molecule has 0 radical (unpaired) electrons. The first-order valence-corrected chi connectivity index (χ1v) is 34.3. The molecule has 1 aromatic heterocycles. The average Bonchev–Trinajstić information content (AvgIpc) is 4.16. The second-order valence-electron chi connectivity index (χ2n) is 22.2. The minimum absolute atomic E-state index is 0.00958. The van der Waals surface area contributed by atoms with Crippen molar-refractivity contribution in [3.8, 4) is 23.0 Å². The molecule has 0 aliphatic heterocycles. The highest BCUT2D eigenvalue weighted by molar-refractivity contribution is 7.90. The number of rotatable bonds is 54. The number of ether oxygens (including phenoxy) is 5. The van der Waals surface area contributed by atoms with Gasteiger partial charge in [0.2, 0.25) is 33.4 Å². The van der Waals surface area contributed by atoms with Crippen LogP contribution < -0.4 is 36.1 Å². The minimum atomic E-state index is -3.62. The van der Waals surface area contributed by atoms with Gasteiger partial charge in [-0.1, -0.05) is 161 Å². The summed E-state index contributed by atoms with van der Waals surface area (Å²) in [6.07, 6.45) is 28.5. The summed E-state index contributed by atoms with van der Waals surface area (Å²) in [7, 11) is -3.62. The molecule has 2 atom stereocenters. The monoisotopic (exact) mass is 1230 g/mol. The Bertz CT molecular complexity index is 2340. The number of unbranched alkanes of at least 4 members (excludes halogenated alkanes) is 16. The van der Waals surface area contributed by atoms with E-state index in [0.717, 1.165) is 96.1 Å². The zero-order chi connectivity index (χ0) is 62.3. The molecule has 5 amide bonds. The van der Waals surface area contributed by atoms with Crippen LogP contribution in [0.1, 0.15) is 215 Å². The predicted molar refractivity (Wildman–Crippen MR) is 336 cm³/mol. The highest BCUT2D eigenvalue weighted by atomic mass is 32.2. The van der Waals surface area contributed by atoms with Gasteiger partial charge in [-0.3, -0.25) is 24.0 Å². The van der Waals surface area contributed by atoms with Crippen LogP contribution in [-0.4, -0.2) is 140 Å². The van der Waals surface area contributed by atoms with Crippen molar-refractivity contribution in [3.63, 3.8) is 0 Å². The lowest BCUT2D eigenvalue weighted by atomic mass is 9.93. The maximum Gasteiger partial charge on any atom is 0.335 e. The van der Waals surface area contributed by atoms with E-state index in [2.05, 4.69) is 64.5 Å². The van der Waals surface area contributed by atoms with Crippen molar-refractivity contribution in [3.05, 3.63) is 53.6 Å². The highest BCUT2D eigenvalue weighted by Gasteiger charge is 2.21. The van der Waals surface area contributed by atoms with Crippen LogP contribution in [0.25, 0.3) is 11.5 Å². The van der Waals surface area contributed by atoms with Crippen LogP contribution >= 0.6 is 0 Å². The molecule has 3 rings (SSSR count). The van der Waals surface area contributed by atoms with Crippen molar-refractivity contribution < 1.29 is 60.5 Å². The summed E-state index contributed by atoms with van der Waals surface area (Å²) in [6.45, 7) is 12.2. The number of nitrogens with one attached hydrogen (secondary N) is 5. The summed E-state index contributed by atoms with van der Waals surface area (Å²) in [5.74, 6) is 0.0449. The van der Waals surface area contributed by atoms with Crippen LogP contribution in [0, 0.1) is 11.8 Å². The molecule has 0 aliphatic rings. The molecule has 0 aliphatic carbocycles. The summed E-state index contributed by atoms with van der Waals surface area (Å²) in [5, 5.41) is 21.6. The second kappa shape index (κ2) is 47.4. The Morgan fingerprint density at radius 3 is 1.31 bits per heavy atom. The number of sulfone groups is 1. The van der Waals surface area contributed by atoms with Gasteiger partial charge in [0.15, 0.2) is 0 Å². The molecule has 0 fully saturated rings. The molecular weight excluding hydrogens is 1120 g/mol. The third-order valence-corrected chi connectivity index (χ3v) is 15.5. The Labute approximate surface area is 514 Å². The lowest BCUT2D eigenvalue weighted by Gasteiger charge is -2.17.